The maximum Gasteiger partial charge on any atom is 0.231 e. The first-order valence-electron chi connectivity index (χ1n) is 10.1. The zero-order chi connectivity index (χ0) is 20.8. The fourth-order valence-corrected chi connectivity index (χ4v) is 4.03. The predicted octanol–water partition coefficient (Wildman–Crippen LogP) is 7.14. The molecule has 1 heterocycles. The number of rotatable bonds is 8. The standard InChI is InChI=1S/C24H24N4OS/c1-3-28(17-18-8-6-5-7-9-18)20-12-10-19(11-13-20)26-27-24-25-22-15-14-21(29-4-2)16-23(22)30-24/h5-16H,3-4,17H2,1-2H3. The van der Waals surface area contributed by atoms with Crippen LogP contribution in [0.2, 0.25) is 0 Å². The van der Waals surface area contributed by atoms with Crippen LogP contribution in [0.15, 0.2) is 83.0 Å². The van der Waals surface area contributed by atoms with E-state index in [1.165, 1.54) is 22.6 Å². The zero-order valence-electron chi connectivity index (χ0n) is 17.2. The highest BCUT2D eigenvalue weighted by atomic mass is 32.1. The third-order valence-electron chi connectivity index (χ3n) is 4.72. The maximum atomic E-state index is 5.55. The largest absolute Gasteiger partial charge is 0.494 e. The summed E-state index contributed by atoms with van der Waals surface area (Å²) in [5.41, 5.74) is 4.19. The monoisotopic (exact) mass is 416 g/mol. The normalized spacial score (nSPS) is 11.3. The molecule has 0 aliphatic rings. The maximum absolute atomic E-state index is 5.55. The molecule has 4 aromatic rings. The van der Waals surface area contributed by atoms with E-state index < -0.39 is 0 Å². The smallest absolute Gasteiger partial charge is 0.231 e. The fourth-order valence-electron chi connectivity index (χ4n) is 3.21. The minimum Gasteiger partial charge on any atom is -0.494 e. The van der Waals surface area contributed by atoms with Crippen molar-refractivity contribution in [1.82, 2.24) is 4.98 Å². The molecule has 0 amide bonds. The third-order valence-corrected chi connectivity index (χ3v) is 5.63. The number of benzene rings is 3. The Hall–Kier alpha value is -3.25. The van der Waals surface area contributed by atoms with Gasteiger partial charge in [-0.05, 0) is 61.9 Å². The average molecular weight is 417 g/mol. The van der Waals surface area contributed by atoms with Crippen molar-refractivity contribution >= 4 is 38.1 Å². The number of azo groups is 1. The predicted molar refractivity (Wildman–Crippen MR) is 125 cm³/mol. The second kappa shape index (κ2) is 9.50. The number of fused-ring (bicyclic) bond motifs is 1. The molecule has 0 saturated carbocycles. The molecular weight excluding hydrogens is 392 g/mol. The van der Waals surface area contributed by atoms with Gasteiger partial charge < -0.3 is 9.64 Å². The lowest BCUT2D eigenvalue weighted by atomic mass is 10.2. The Morgan fingerprint density at radius 1 is 0.933 bits per heavy atom. The Bertz CT molecular complexity index is 1120. The minimum atomic E-state index is 0.641. The van der Waals surface area contributed by atoms with Crippen LogP contribution >= 0.6 is 11.3 Å². The highest BCUT2D eigenvalue weighted by molar-refractivity contribution is 7.21. The van der Waals surface area contributed by atoms with Crippen LogP contribution in [-0.2, 0) is 6.54 Å². The van der Waals surface area contributed by atoms with Crippen LogP contribution in [0.25, 0.3) is 10.2 Å². The van der Waals surface area contributed by atoms with Gasteiger partial charge >= 0.3 is 0 Å². The molecule has 0 bridgehead atoms. The molecule has 30 heavy (non-hydrogen) atoms. The first-order valence-corrected chi connectivity index (χ1v) is 10.9. The summed E-state index contributed by atoms with van der Waals surface area (Å²) in [7, 11) is 0. The minimum absolute atomic E-state index is 0.641. The molecular formula is C24H24N4OS. The van der Waals surface area contributed by atoms with Crippen LogP contribution in [0, 0.1) is 0 Å². The zero-order valence-corrected chi connectivity index (χ0v) is 18.0. The van der Waals surface area contributed by atoms with Gasteiger partial charge in [0.05, 0.1) is 22.5 Å². The van der Waals surface area contributed by atoms with Crippen molar-refractivity contribution in [2.24, 2.45) is 10.2 Å². The number of ether oxygens (including phenoxy) is 1. The molecule has 5 nitrogen and oxygen atoms in total. The van der Waals surface area contributed by atoms with Crippen LogP contribution in [0.5, 0.6) is 5.75 Å². The summed E-state index contributed by atoms with van der Waals surface area (Å²) in [6.07, 6.45) is 0. The van der Waals surface area contributed by atoms with Gasteiger partial charge in [0, 0.05) is 18.8 Å². The van der Waals surface area contributed by atoms with E-state index in [2.05, 4.69) is 63.4 Å². The van der Waals surface area contributed by atoms with Gasteiger partial charge in [0.25, 0.3) is 0 Å². The van der Waals surface area contributed by atoms with E-state index in [-0.39, 0.29) is 0 Å². The van der Waals surface area contributed by atoms with Gasteiger partial charge in [-0.1, -0.05) is 41.7 Å². The van der Waals surface area contributed by atoms with Crippen molar-refractivity contribution in [2.45, 2.75) is 20.4 Å². The van der Waals surface area contributed by atoms with Gasteiger partial charge in [0.2, 0.25) is 5.13 Å². The van der Waals surface area contributed by atoms with Gasteiger partial charge in [-0.3, -0.25) is 0 Å². The van der Waals surface area contributed by atoms with Gasteiger partial charge in [0.1, 0.15) is 5.75 Å². The average Bonchev–Trinajstić information content (AvgIpc) is 3.20. The summed E-state index contributed by atoms with van der Waals surface area (Å²) in [5.74, 6) is 0.851. The van der Waals surface area contributed by atoms with Crippen molar-refractivity contribution in [3.63, 3.8) is 0 Å². The van der Waals surface area contributed by atoms with Crippen LogP contribution in [0.4, 0.5) is 16.5 Å². The van der Waals surface area contributed by atoms with Gasteiger partial charge in [-0.2, -0.15) is 0 Å². The van der Waals surface area contributed by atoms with E-state index in [0.717, 1.165) is 34.7 Å². The molecule has 0 saturated heterocycles. The van der Waals surface area contributed by atoms with Crippen LogP contribution in [0.1, 0.15) is 19.4 Å². The van der Waals surface area contributed by atoms with E-state index in [0.29, 0.717) is 11.7 Å². The number of hydrogen-bond donors (Lipinski definition) is 0. The van der Waals surface area contributed by atoms with E-state index in [9.17, 15) is 0 Å². The number of anilines is 1. The second-order valence-electron chi connectivity index (χ2n) is 6.78. The molecule has 0 aliphatic carbocycles. The summed E-state index contributed by atoms with van der Waals surface area (Å²) < 4.78 is 6.60. The van der Waals surface area contributed by atoms with Crippen LogP contribution < -0.4 is 9.64 Å². The molecule has 0 N–H and O–H groups in total. The van der Waals surface area contributed by atoms with E-state index >= 15 is 0 Å². The van der Waals surface area contributed by atoms with Crippen molar-refractivity contribution in [3.05, 3.63) is 78.4 Å². The molecule has 4 rings (SSSR count). The van der Waals surface area contributed by atoms with E-state index in [1.807, 2.05) is 43.3 Å². The molecule has 0 unspecified atom stereocenters. The lowest BCUT2D eigenvalue weighted by Crippen LogP contribution is -2.21. The van der Waals surface area contributed by atoms with Gasteiger partial charge in [-0.15, -0.1) is 10.2 Å². The van der Waals surface area contributed by atoms with Crippen LogP contribution in [0.3, 0.4) is 0 Å². The Kier molecular flexibility index (Phi) is 6.35. The molecule has 6 heteroatoms. The SMILES string of the molecule is CCOc1ccc2nc(N=Nc3ccc(N(CC)Cc4ccccc4)cc3)sc2c1. The van der Waals surface area contributed by atoms with Crippen LogP contribution in [-0.4, -0.2) is 18.1 Å². The van der Waals surface area contributed by atoms with Gasteiger partial charge in [0.15, 0.2) is 0 Å². The van der Waals surface area contributed by atoms with E-state index in [4.69, 9.17) is 4.74 Å². The van der Waals surface area contributed by atoms with Gasteiger partial charge in [-0.25, -0.2) is 4.98 Å². The Labute approximate surface area is 180 Å². The first-order chi connectivity index (χ1) is 14.7. The molecule has 0 fully saturated rings. The summed E-state index contributed by atoms with van der Waals surface area (Å²) in [5, 5.41) is 9.33. The van der Waals surface area contributed by atoms with Crippen molar-refractivity contribution < 1.29 is 4.74 Å². The highest BCUT2D eigenvalue weighted by Gasteiger charge is 2.07. The number of nitrogens with zero attached hydrogens (tertiary/aromatic N) is 4. The molecule has 152 valence electrons. The molecule has 0 spiro atoms. The summed E-state index contributed by atoms with van der Waals surface area (Å²) in [6.45, 7) is 6.61. The van der Waals surface area contributed by atoms with Crippen molar-refractivity contribution in [3.8, 4) is 5.75 Å². The van der Waals surface area contributed by atoms with Crippen molar-refractivity contribution in [2.75, 3.05) is 18.1 Å². The Balaban J connectivity index is 1.46. The lowest BCUT2D eigenvalue weighted by Gasteiger charge is -2.23. The fraction of sp³-hybridized carbons (Fsp3) is 0.208. The molecule has 0 aliphatic heterocycles. The van der Waals surface area contributed by atoms with E-state index in [1.54, 1.807) is 0 Å². The quantitative estimate of drug-likeness (QED) is 0.287. The molecule has 1 aromatic heterocycles. The number of hydrogen-bond acceptors (Lipinski definition) is 6. The highest BCUT2D eigenvalue weighted by Crippen LogP contribution is 2.32. The Morgan fingerprint density at radius 2 is 1.73 bits per heavy atom. The number of aromatic nitrogens is 1. The summed E-state index contributed by atoms with van der Waals surface area (Å²) in [6, 6.07) is 24.6. The molecule has 3 aromatic carbocycles. The molecule has 0 atom stereocenters. The second-order valence-corrected chi connectivity index (χ2v) is 7.78. The number of thiazole rings is 1. The van der Waals surface area contributed by atoms with Crippen molar-refractivity contribution in [1.29, 1.82) is 0 Å². The Morgan fingerprint density at radius 3 is 2.47 bits per heavy atom. The lowest BCUT2D eigenvalue weighted by molar-refractivity contribution is 0.341. The summed E-state index contributed by atoms with van der Waals surface area (Å²) >= 11 is 1.51. The summed E-state index contributed by atoms with van der Waals surface area (Å²) in [4.78, 5) is 6.86. The topological polar surface area (TPSA) is 50.1 Å². The third kappa shape index (κ3) is 4.83. The first kappa shape index (κ1) is 20.0. The molecule has 0 radical (unpaired) electrons.